The van der Waals surface area contributed by atoms with Crippen molar-refractivity contribution in [3.8, 4) is 11.4 Å². The van der Waals surface area contributed by atoms with E-state index in [-0.39, 0.29) is 5.91 Å². The number of halogens is 2. The van der Waals surface area contributed by atoms with Crippen LogP contribution in [-0.2, 0) is 0 Å². The highest BCUT2D eigenvalue weighted by molar-refractivity contribution is 9.10. The standard InChI is InChI=1S/C20H18BrClN4O/c1-11-8-17-18(10-16(11)22)24-19(23-17)14-3-2-12(9-15(14)21)20(27)26-13-4-6-25(26)7-5-13/h2-3,8-10,13H,4-7H2,1H3,(H,23,24). The number of imidazole rings is 1. The Balaban J connectivity index is 1.49. The minimum absolute atomic E-state index is 0.0780. The number of hydrogen-bond acceptors (Lipinski definition) is 3. The summed E-state index contributed by atoms with van der Waals surface area (Å²) in [5.74, 6) is 0.830. The minimum Gasteiger partial charge on any atom is -0.338 e. The molecule has 2 saturated heterocycles. The quantitative estimate of drug-likeness (QED) is 0.617. The number of rotatable bonds is 2. The minimum atomic E-state index is 0.0780. The number of carbonyl (C=O) groups is 1. The molecule has 2 aliphatic heterocycles. The molecule has 3 aromatic rings. The number of aromatic nitrogens is 2. The number of nitrogens with one attached hydrogen (secondary N) is 1. The van der Waals surface area contributed by atoms with Gasteiger partial charge in [-0.15, -0.1) is 0 Å². The number of hydrogen-bond donors (Lipinski definition) is 1. The molecule has 0 unspecified atom stereocenters. The molecule has 3 heterocycles. The maximum absolute atomic E-state index is 12.9. The summed E-state index contributed by atoms with van der Waals surface area (Å²) < 4.78 is 0.844. The summed E-state index contributed by atoms with van der Waals surface area (Å²) in [4.78, 5) is 21.0. The van der Waals surface area contributed by atoms with Crippen molar-refractivity contribution in [2.45, 2.75) is 25.8 Å². The van der Waals surface area contributed by atoms with Crippen molar-refractivity contribution in [2.24, 2.45) is 0 Å². The molecule has 1 amide bonds. The van der Waals surface area contributed by atoms with Gasteiger partial charge in [0.1, 0.15) is 5.82 Å². The molecule has 2 bridgehead atoms. The maximum atomic E-state index is 12.9. The van der Waals surface area contributed by atoms with Gasteiger partial charge in [0.25, 0.3) is 5.91 Å². The highest BCUT2D eigenvalue weighted by Crippen LogP contribution is 2.33. The Bertz CT molecular complexity index is 1020. The van der Waals surface area contributed by atoms with Crippen LogP contribution in [-0.4, -0.2) is 45.0 Å². The molecule has 2 aliphatic rings. The van der Waals surface area contributed by atoms with Crippen molar-refractivity contribution >= 4 is 44.5 Å². The van der Waals surface area contributed by atoms with Gasteiger partial charge in [-0.2, -0.15) is 0 Å². The van der Waals surface area contributed by atoms with Gasteiger partial charge in [-0.3, -0.25) is 9.80 Å². The molecule has 7 heteroatoms. The number of H-pyrrole nitrogens is 1. The van der Waals surface area contributed by atoms with Gasteiger partial charge in [0.15, 0.2) is 0 Å². The van der Waals surface area contributed by atoms with E-state index in [2.05, 4.69) is 30.9 Å². The number of piperidine rings is 1. The first-order chi connectivity index (χ1) is 13.0. The molecule has 1 aromatic heterocycles. The maximum Gasteiger partial charge on any atom is 0.268 e. The van der Waals surface area contributed by atoms with E-state index in [0.717, 1.165) is 58.4 Å². The third-order valence-corrected chi connectivity index (χ3v) is 6.60. The first-order valence-electron chi connectivity index (χ1n) is 9.05. The Morgan fingerprint density at radius 3 is 2.70 bits per heavy atom. The average molecular weight is 446 g/mol. The van der Waals surface area contributed by atoms with Crippen LogP contribution >= 0.6 is 27.5 Å². The second kappa shape index (κ2) is 6.33. The summed E-state index contributed by atoms with van der Waals surface area (Å²) in [6.07, 6.45) is 2.15. The van der Waals surface area contributed by atoms with Crippen LogP contribution in [0.25, 0.3) is 22.4 Å². The van der Waals surface area contributed by atoms with Crippen LogP contribution in [0.4, 0.5) is 0 Å². The van der Waals surface area contributed by atoms with Gasteiger partial charge in [-0.1, -0.05) is 27.5 Å². The molecule has 0 spiro atoms. The fourth-order valence-electron chi connectivity index (χ4n) is 4.08. The largest absolute Gasteiger partial charge is 0.338 e. The molecule has 2 fully saturated rings. The molecule has 2 aromatic carbocycles. The number of carbonyl (C=O) groups excluding carboxylic acids is 1. The summed E-state index contributed by atoms with van der Waals surface area (Å²) in [5.41, 5.74) is 4.39. The van der Waals surface area contributed by atoms with E-state index in [1.54, 1.807) is 0 Å². The number of hydrazine groups is 1. The van der Waals surface area contributed by atoms with E-state index in [4.69, 9.17) is 11.6 Å². The summed E-state index contributed by atoms with van der Waals surface area (Å²) in [6.45, 7) is 3.94. The van der Waals surface area contributed by atoms with Crippen molar-refractivity contribution in [1.29, 1.82) is 0 Å². The normalized spacial score (nSPS) is 21.4. The van der Waals surface area contributed by atoms with E-state index in [1.807, 2.05) is 42.3 Å². The monoisotopic (exact) mass is 444 g/mol. The first-order valence-corrected chi connectivity index (χ1v) is 10.2. The van der Waals surface area contributed by atoms with Crippen LogP contribution < -0.4 is 0 Å². The van der Waals surface area contributed by atoms with Crippen LogP contribution in [0.3, 0.4) is 0 Å². The van der Waals surface area contributed by atoms with Crippen LogP contribution in [0, 0.1) is 6.92 Å². The first kappa shape index (κ1) is 17.2. The Morgan fingerprint density at radius 2 is 2.04 bits per heavy atom. The molecule has 138 valence electrons. The zero-order valence-corrected chi connectivity index (χ0v) is 17.1. The molecule has 5 nitrogen and oxygen atoms in total. The lowest BCUT2D eigenvalue weighted by Gasteiger charge is -2.23. The molecule has 0 atom stereocenters. The molecule has 0 radical (unpaired) electrons. The van der Waals surface area contributed by atoms with Crippen molar-refractivity contribution < 1.29 is 4.79 Å². The van der Waals surface area contributed by atoms with E-state index >= 15 is 0 Å². The van der Waals surface area contributed by atoms with Crippen LogP contribution in [0.2, 0.25) is 5.02 Å². The van der Waals surface area contributed by atoms with Crippen LogP contribution in [0.15, 0.2) is 34.8 Å². The lowest BCUT2D eigenvalue weighted by molar-refractivity contribution is 0.0334. The predicted molar refractivity (Wildman–Crippen MR) is 110 cm³/mol. The highest BCUT2D eigenvalue weighted by Gasteiger charge is 2.41. The molecule has 1 N–H and O–H groups in total. The second-order valence-electron chi connectivity index (χ2n) is 7.23. The van der Waals surface area contributed by atoms with Gasteiger partial charge >= 0.3 is 0 Å². The number of benzene rings is 2. The van der Waals surface area contributed by atoms with E-state index in [1.165, 1.54) is 0 Å². The van der Waals surface area contributed by atoms with Crippen LogP contribution in [0.1, 0.15) is 28.8 Å². The van der Waals surface area contributed by atoms with Gasteiger partial charge in [0.2, 0.25) is 0 Å². The Labute approximate surface area is 170 Å². The van der Waals surface area contributed by atoms with E-state index in [0.29, 0.717) is 16.6 Å². The van der Waals surface area contributed by atoms with Crippen molar-refractivity contribution in [3.63, 3.8) is 0 Å². The van der Waals surface area contributed by atoms with Crippen molar-refractivity contribution in [3.05, 3.63) is 51.0 Å². The number of amides is 1. The third kappa shape index (κ3) is 2.78. The van der Waals surface area contributed by atoms with Crippen molar-refractivity contribution in [1.82, 2.24) is 20.0 Å². The van der Waals surface area contributed by atoms with Gasteiger partial charge < -0.3 is 4.98 Å². The van der Waals surface area contributed by atoms with Crippen LogP contribution in [0.5, 0.6) is 0 Å². The third-order valence-electron chi connectivity index (χ3n) is 5.53. The zero-order valence-electron chi connectivity index (χ0n) is 14.8. The summed E-state index contributed by atoms with van der Waals surface area (Å²) >= 11 is 9.83. The van der Waals surface area contributed by atoms with E-state index in [9.17, 15) is 4.79 Å². The Morgan fingerprint density at radius 1 is 1.26 bits per heavy atom. The second-order valence-corrected chi connectivity index (χ2v) is 8.49. The molecule has 5 rings (SSSR count). The molecule has 0 aliphatic carbocycles. The van der Waals surface area contributed by atoms with Gasteiger partial charge in [0.05, 0.1) is 17.1 Å². The SMILES string of the molecule is Cc1cc2[nH]c(-c3ccc(C(=O)N4C5CCN4CC5)cc3Br)nc2cc1Cl. The zero-order chi connectivity index (χ0) is 18.7. The van der Waals surface area contributed by atoms with Gasteiger partial charge in [-0.25, -0.2) is 9.99 Å². The van der Waals surface area contributed by atoms with Gasteiger partial charge in [-0.05, 0) is 55.7 Å². The lowest BCUT2D eigenvalue weighted by Crippen LogP contribution is -2.38. The highest BCUT2D eigenvalue weighted by atomic mass is 79.9. The lowest BCUT2D eigenvalue weighted by atomic mass is 10.1. The molecular weight excluding hydrogens is 428 g/mol. The Hall–Kier alpha value is -1.89. The molecular formula is C20H18BrClN4O. The molecule has 0 saturated carbocycles. The predicted octanol–water partition coefficient (Wildman–Crippen LogP) is 4.79. The smallest absolute Gasteiger partial charge is 0.268 e. The number of aryl methyl sites for hydroxylation is 1. The Kier molecular flexibility index (Phi) is 4.04. The number of fused-ring (bicyclic) bond motifs is 3. The number of aromatic amines is 1. The molecule has 27 heavy (non-hydrogen) atoms. The van der Waals surface area contributed by atoms with E-state index < -0.39 is 0 Å². The van der Waals surface area contributed by atoms with Gasteiger partial charge in [0, 0.05) is 33.7 Å². The summed E-state index contributed by atoms with van der Waals surface area (Å²) in [5, 5.41) is 4.81. The fraction of sp³-hybridized carbons (Fsp3) is 0.300. The topological polar surface area (TPSA) is 52.2 Å². The summed E-state index contributed by atoms with van der Waals surface area (Å²) in [7, 11) is 0. The fourth-order valence-corrected chi connectivity index (χ4v) is 4.80. The average Bonchev–Trinajstić information content (AvgIpc) is 3.35. The number of nitrogens with zero attached hydrogens (tertiary/aromatic N) is 3. The van der Waals surface area contributed by atoms with Crippen molar-refractivity contribution in [2.75, 3.05) is 13.1 Å². The summed E-state index contributed by atoms with van der Waals surface area (Å²) in [6, 6.07) is 9.94.